The van der Waals surface area contributed by atoms with Gasteiger partial charge in [0, 0.05) is 24.3 Å². The number of rotatable bonds is 13. The number of hydrogen-bond donors (Lipinski definition) is 2. The number of H-pyrrole nitrogens is 1. The van der Waals surface area contributed by atoms with E-state index in [2.05, 4.69) is 17.1 Å². The minimum atomic E-state index is -0.413. The molecule has 0 spiro atoms. The number of fused-ring (bicyclic) bond motifs is 1. The van der Waals surface area contributed by atoms with Crippen molar-refractivity contribution in [3.05, 3.63) is 58.3 Å². The zero-order valence-corrected chi connectivity index (χ0v) is 24.0. The third-order valence-electron chi connectivity index (χ3n) is 7.07. The predicted molar refractivity (Wildman–Crippen MR) is 152 cm³/mol. The maximum atomic E-state index is 13.7. The Balaban J connectivity index is 1.76. The smallest absolute Gasteiger partial charge is 0.273 e. The number of phenolic OH excluding ortho intramolecular Hbond substituents is 1. The van der Waals surface area contributed by atoms with Gasteiger partial charge in [-0.1, -0.05) is 31.9 Å². The molecule has 0 bridgehead atoms. The Labute approximate surface area is 231 Å². The summed E-state index contributed by atoms with van der Waals surface area (Å²) in [6, 6.07) is 9.27. The molecule has 3 aromatic rings. The van der Waals surface area contributed by atoms with Crippen molar-refractivity contribution in [2.24, 2.45) is 0 Å². The number of ether oxygens (including phenoxy) is 3. The molecular formula is C31H41N3O5. The molecule has 1 aliphatic heterocycles. The summed E-state index contributed by atoms with van der Waals surface area (Å²) < 4.78 is 17.5. The maximum absolute atomic E-state index is 13.7. The Kier molecular flexibility index (Phi) is 9.17. The van der Waals surface area contributed by atoms with Crippen LogP contribution in [0.5, 0.6) is 17.2 Å². The Morgan fingerprint density at radius 2 is 1.87 bits per heavy atom. The Morgan fingerprint density at radius 1 is 1.08 bits per heavy atom. The lowest BCUT2D eigenvalue weighted by Gasteiger charge is -2.27. The number of nitrogens with zero attached hydrogens (tertiary/aromatic N) is 2. The summed E-state index contributed by atoms with van der Waals surface area (Å²) >= 11 is 0. The average Bonchev–Trinajstić information content (AvgIpc) is 3.45. The highest BCUT2D eigenvalue weighted by atomic mass is 16.5. The van der Waals surface area contributed by atoms with Crippen molar-refractivity contribution < 1.29 is 24.1 Å². The molecule has 1 amide bonds. The molecule has 0 radical (unpaired) electrons. The third-order valence-corrected chi connectivity index (χ3v) is 7.07. The number of carbonyl (C=O) groups is 1. The number of aryl methyl sites for hydroxylation is 2. The molecule has 39 heavy (non-hydrogen) atoms. The molecule has 2 aromatic carbocycles. The molecule has 1 aromatic heterocycles. The van der Waals surface area contributed by atoms with Crippen LogP contribution in [0.4, 0.5) is 0 Å². The van der Waals surface area contributed by atoms with E-state index in [1.165, 1.54) is 0 Å². The van der Waals surface area contributed by atoms with Crippen molar-refractivity contribution >= 4 is 5.91 Å². The Bertz CT molecular complexity index is 1300. The fraction of sp³-hybridized carbons (Fsp3) is 0.484. The minimum Gasteiger partial charge on any atom is -0.507 e. The first-order valence-corrected chi connectivity index (χ1v) is 13.9. The van der Waals surface area contributed by atoms with E-state index in [4.69, 9.17) is 14.2 Å². The van der Waals surface area contributed by atoms with Crippen LogP contribution in [0.1, 0.15) is 85.2 Å². The van der Waals surface area contributed by atoms with Gasteiger partial charge in [0.15, 0.2) is 11.5 Å². The lowest BCUT2D eigenvalue weighted by atomic mass is 9.94. The van der Waals surface area contributed by atoms with E-state index in [9.17, 15) is 9.90 Å². The van der Waals surface area contributed by atoms with Crippen LogP contribution in [-0.2, 0) is 4.74 Å². The summed E-state index contributed by atoms with van der Waals surface area (Å²) in [5, 5.41) is 18.5. The number of methoxy groups -OCH3 is 1. The lowest BCUT2D eigenvalue weighted by molar-refractivity contribution is 0.0601. The SMILES string of the molecule is CCCCCOc1ccc(C2c3c(-c4cc(C)cc(C)c4O)n[nH]c3C(=O)N2CCCOC(C)C)cc1OC. The van der Waals surface area contributed by atoms with Gasteiger partial charge in [-0.25, -0.2) is 0 Å². The van der Waals surface area contributed by atoms with E-state index in [1.807, 2.05) is 62.9 Å². The van der Waals surface area contributed by atoms with Gasteiger partial charge in [-0.3, -0.25) is 9.89 Å². The van der Waals surface area contributed by atoms with Gasteiger partial charge in [0.05, 0.1) is 25.9 Å². The van der Waals surface area contributed by atoms with E-state index in [0.717, 1.165) is 41.5 Å². The molecule has 8 nitrogen and oxygen atoms in total. The molecule has 210 valence electrons. The molecular weight excluding hydrogens is 494 g/mol. The van der Waals surface area contributed by atoms with E-state index in [1.54, 1.807) is 7.11 Å². The van der Waals surface area contributed by atoms with Gasteiger partial charge in [0.1, 0.15) is 17.1 Å². The van der Waals surface area contributed by atoms with Crippen LogP contribution in [0.3, 0.4) is 0 Å². The van der Waals surface area contributed by atoms with Crippen molar-refractivity contribution in [1.82, 2.24) is 15.1 Å². The van der Waals surface area contributed by atoms with Crippen LogP contribution in [0.15, 0.2) is 30.3 Å². The van der Waals surface area contributed by atoms with Gasteiger partial charge in [-0.15, -0.1) is 0 Å². The highest BCUT2D eigenvalue weighted by molar-refractivity contribution is 6.00. The quantitative estimate of drug-likeness (QED) is 0.248. The van der Waals surface area contributed by atoms with Crippen LogP contribution < -0.4 is 9.47 Å². The van der Waals surface area contributed by atoms with E-state index in [0.29, 0.717) is 54.6 Å². The Hall–Kier alpha value is -3.52. The van der Waals surface area contributed by atoms with Crippen LogP contribution >= 0.6 is 0 Å². The fourth-order valence-electron chi connectivity index (χ4n) is 5.18. The van der Waals surface area contributed by atoms with E-state index < -0.39 is 6.04 Å². The molecule has 4 rings (SSSR count). The van der Waals surface area contributed by atoms with E-state index >= 15 is 0 Å². The van der Waals surface area contributed by atoms with Crippen LogP contribution in [0.25, 0.3) is 11.3 Å². The molecule has 0 fully saturated rings. The number of aromatic amines is 1. The molecule has 1 atom stereocenters. The van der Waals surface area contributed by atoms with Gasteiger partial charge >= 0.3 is 0 Å². The fourth-order valence-corrected chi connectivity index (χ4v) is 5.18. The highest BCUT2D eigenvalue weighted by Crippen LogP contribution is 2.46. The monoisotopic (exact) mass is 535 g/mol. The van der Waals surface area contributed by atoms with Crippen molar-refractivity contribution in [1.29, 1.82) is 0 Å². The summed E-state index contributed by atoms with van der Waals surface area (Å²) in [6.07, 6.45) is 4.03. The van der Waals surface area contributed by atoms with Gasteiger partial charge < -0.3 is 24.2 Å². The average molecular weight is 536 g/mol. The molecule has 0 aliphatic carbocycles. The largest absolute Gasteiger partial charge is 0.507 e. The molecule has 0 saturated heterocycles. The Morgan fingerprint density at radius 3 is 2.59 bits per heavy atom. The molecule has 0 saturated carbocycles. The zero-order chi connectivity index (χ0) is 28.1. The van der Waals surface area contributed by atoms with Crippen molar-refractivity contribution in [2.75, 3.05) is 26.9 Å². The summed E-state index contributed by atoms with van der Waals surface area (Å²) in [6.45, 7) is 11.7. The van der Waals surface area contributed by atoms with Crippen LogP contribution in [-0.4, -0.2) is 59.1 Å². The van der Waals surface area contributed by atoms with Crippen molar-refractivity contribution in [3.8, 4) is 28.5 Å². The summed E-state index contributed by atoms with van der Waals surface area (Å²) in [5.74, 6) is 1.34. The number of unbranched alkanes of at least 4 members (excludes halogenated alkanes) is 2. The second-order valence-electron chi connectivity index (χ2n) is 10.5. The number of amides is 1. The predicted octanol–water partition coefficient (Wildman–Crippen LogP) is 6.34. The van der Waals surface area contributed by atoms with Crippen LogP contribution in [0, 0.1) is 13.8 Å². The molecule has 1 unspecified atom stereocenters. The highest BCUT2D eigenvalue weighted by Gasteiger charge is 2.42. The molecule has 2 N–H and O–H groups in total. The number of phenols is 1. The van der Waals surface area contributed by atoms with Crippen molar-refractivity contribution in [2.45, 2.75) is 72.4 Å². The first-order valence-electron chi connectivity index (χ1n) is 13.9. The number of carbonyl (C=O) groups excluding carboxylic acids is 1. The molecule has 1 aliphatic rings. The van der Waals surface area contributed by atoms with Gasteiger partial charge in [-0.05, 0) is 75.4 Å². The van der Waals surface area contributed by atoms with Crippen molar-refractivity contribution in [3.63, 3.8) is 0 Å². The summed E-state index contributed by atoms with van der Waals surface area (Å²) in [5.41, 5.74) is 5.03. The van der Waals surface area contributed by atoms with Gasteiger partial charge in [0.25, 0.3) is 5.91 Å². The number of nitrogens with one attached hydrogen (secondary N) is 1. The molecule has 2 heterocycles. The second-order valence-corrected chi connectivity index (χ2v) is 10.5. The first-order chi connectivity index (χ1) is 18.8. The number of hydrogen-bond acceptors (Lipinski definition) is 6. The van der Waals surface area contributed by atoms with E-state index in [-0.39, 0.29) is 17.8 Å². The lowest BCUT2D eigenvalue weighted by Crippen LogP contribution is -2.31. The third kappa shape index (κ3) is 6.06. The number of aromatic hydroxyl groups is 1. The minimum absolute atomic E-state index is 0.124. The topological polar surface area (TPSA) is 96.9 Å². The normalized spacial score (nSPS) is 14.8. The standard InChI is InChI=1S/C31H41N3O5/c1-7-8-9-14-39-24-12-11-22(18-25(24)37-6)29-26-27(23-17-20(4)16-21(5)30(23)35)32-33-28(26)31(36)34(29)13-10-15-38-19(2)3/h11-12,16-19,29,35H,7-10,13-15H2,1-6H3,(H,32,33). The summed E-state index contributed by atoms with van der Waals surface area (Å²) in [4.78, 5) is 15.5. The first kappa shape index (κ1) is 28.5. The summed E-state index contributed by atoms with van der Waals surface area (Å²) in [7, 11) is 1.63. The second kappa shape index (κ2) is 12.6. The zero-order valence-electron chi connectivity index (χ0n) is 24.0. The van der Waals surface area contributed by atoms with Crippen LogP contribution in [0.2, 0.25) is 0 Å². The maximum Gasteiger partial charge on any atom is 0.273 e. The van der Waals surface area contributed by atoms with Gasteiger partial charge in [0.2, 0.25) is 0 Å². The molecule has 8 heteroatoms. The number of aromatic nitrogens is 2. The van der Waals surface area contributed by atoms with Gasteiger partial charge in [-0.2, -0.15) is 5.10 Å². The number of benzene rings is 2.